The van der Waals surface area contributed by atoms with Gasteiger partial charge in [0.1, 0.15) is 23.2 Å². The van der Waals surface area contributed by atoms with Gasteiger partial charge in [-0.25, -0.2) is 14.8 Å². The summed E-state index contributed by atoms with van der Waals surface area (Å²) >= 11 is 1.36. The molecule has 2 atom stereocenters. The molecule has 0 radical (unpaired) electrons. The lowest BCUT2D eigenvalue weighted by Gasteiger charge is -2.33. The number of rotatable bonds is 11. The number of aliphatic carboxylic acids is 1. The Kier molecular flexibility index (Phi) is 10.7. The molecule has 2 fully saturated rings. The number of alkyl halides is 6. The minimum Gasteiger partial charge on any atom is -0.495 e. The van der Waals surface area contributed by atoms with Gasteiger partial charge < -0.3 is 19.5 Å². The Morgan fingerprint density at radius 1 is 1.08 bits per heavy atom. The van der Waals surface area contributed by atoms with Crippen LogP contribution in [0.1, 0.15) is 74.4 Å². The zero-order chi connectivity index (χ0) is 35.7. The summed E-state index contributed by atoms with van der Waals surface area (Å²) in [5.41, 5.74) is -2.61. The molecule has 1 amide bonds. The summed E-state index contributed by atoms with van der Waals surface area (Å²) in [5.74, 6) is 0.588. The average molecular weight is 715 g/mol. The molecule has 1 aromatic carbocycles. The van der Waals surface area contributed by atoms with Crippen LogP contribution in [0.25, 0.3) is 10.6 Å². The molecule has 5 rings (SSSR count). The van der Waals surface area contributed by atoms with Crippen LogP contribution in [0, 0.1) is 11.8 Å². The van der Waals surface area contributed by atoms with Crippen molar-refractivity contribution < 1.29 is 50.5 Å². The van der Waals surface area contributed by atoms with E-state index >= 15 is 0 Å². The number of carboxylic acids is 1. The first kappa shape index (κ1) is 36.2. The van der Waals surface area contributed by atoms with Crippen molar-refractivity contribution in [2.45, 2.75) is 77.0 Å². The van der Waals surface area contributed by atoms with Gasteiger partial charge >= 0.3 is 24.4 Å². The molecule has 1 aliphatic carbocycles. The highest BCUT2D eigenvalue weighted by atomic mass is 32.1. The smallest absolute Gasteiger partial charge is 0.416 e. The van der Waals surface area contributed by atoms with Crippen LogP contribution in [0.5, 0.6) is 5.75 Å². The third kappa shape index (κ3) is 8.22. The number of benzene rings is 1. The Morgan fingerprint density at radius 2 is 1.71 bits per heavy atom. The minimum absolute atomic E-state index is 0.0346. The molecule has 9 nitrogen and oxygen atoms in total. The first-order chi connectivity index (χ1) is 23.1. The number of nitrogens with zero attached hydrogens (tertiary/aromatic N) is 4. The van der Waals surface area contributed by atoms with Gasteiger partial charge in [0.25, 0.3) is 0 Å². The van der Waals surface area contributed by atoms with E-state index in [1.807, 2.05) is 17.2 Å². The number of halogens is 6. The number of hydrogen-bond donors (Lipinski definition) is 1. The number of anilines is 1. The Hall–Kier alpha value is -4.08. The van der Waals surface area contributed by atoms with Gasteiger partial charge in [-0.1, -0.05) is 0 Å². The van der Waals surface area contributed by atoms with E-state index in [0.717, 1.165) is 25.7 Å². The summed E-state index contributed by atoms with van der Waals surface area (Å²) < 4.78 is 92.6. The SMILES string of the molecule is CCN(CC1CCC(CC(=O)O)CC1)c1ncc(-c2sccc2OC)nc1CN1C(=O)OC(c2cc(C(F)(F)F)cc(C(F)(F)F)c2)[C@@H]1C. The number of cyclic esters (lactones) is 1. The van der Waals surface area contributed by atoms with Crippen LogP contribution < -0.4 is 9.64 Å². The number of ether oxygens (including phenoxy) is 2. The molecule has 1 unspecified atom stereocenters. The number of aromatic nitrogens is 2. The van der Waals surface area contributed by atoms with Gasteiger partial charge in [-0.2, -0.15) is 26.3 Å². The molecule has 3 heterocycles. The minimum atomic E-state index is -5.06. The fourth-order valence-corrected chi connectivity index (χ4v) is 7.37. The molecular formula is C33H36F6N4O5S. The van der Waals surface area contributed by atoms with Crippen molar-refractivity contribution in [1.82, 2.24) is 14.9 Å². The zero-order valence-electron chi connectivity index (χ0n) is 27.0. The maximum atomic E-state index is 13.6. The fourth-order valence-electron chi connectivity index (χ4n) is 6.55. The largest absolute Gasteiger partial charge is 0.495 e. The highest BCUT2D eigenvalue weighted by Crippen LogP contribution is 2.42. The highest BCUT2D eigenvalue weighted by Gasteiger charge is 2.44. The lowest BCUT2D eigenvalue weighted by molar-refractivity contribution is -0.143. The van der Waals surface area contributed by atoms with E-state index in [2.05, 4.69) is 0 Å². The molecule has 16 heteroatoms. The summed E-state index contributed by atoms with van der Waals surface area (Å²) in [6, 6.07) is 1.99. The van der Waals surface area contributed by atoms with Gasteiger partial charge in [0.05, 0.1) is 41.9 Å². The number of thiophene rings is 1. The van der Waals surface area contributed by atoms with Gasteiger partial charge in [0, 0.05) is 19.5 Å². The highest BCUT2D eigenvalue weighted by molar-refractivity contribution is 7.14. The second-order valence-electron chi connectivity index (χ2n) is 12.4. The quantitative estimate of drug-likeness (QED) is 0.198. The summed E-state index contributed by atoms with van der Waals surface area (Å²) in [7, 11) is 1.51. The number of carbonyl (C=O) groups excluding carboxylic acids is 1. The summed E-state index contributed by atoms with van der Waals surface area (Å²) in [5, 5.41) is 11.0. The second-order valence-corrected chi connectivity index (χ2v) is 13.3. The molecule has 49 heavy (non-hydrogen) atoms. The Balaban J connectivity index is 1.46. The van der Waals surface area contributed by atoms with Crippen molar-refractivity contribution >= 4 is 29.2 Å². The maximum absolute atomic E-state index is 13.6. The predicted molar refractivity (Wildman–Crippen MR) is 168 cm³/mol. The topological polar surface area (TPSA) is 105 Å². The molecular weight excluding hydrogens is 678 g/mol. The molecule has 1 aliphatic heterocycles. The molecule has 1 saturated carbocycles. The van der Waals surface area contributed by atoms with Crippen LogP contribution in [0.2, 0.25) is 0 Å². The van der Waals surface area contributed by atoms with E-state index in [1.54, 1.807) is 12.3 Å². The summed E-state index contributed by atoms with van der Waals surface area (Å²) in [6.45, 7) is 4.35. The number of carboxylic acid groups (broad SMARTS) is 1. The van der Waals surface area contributed by atoms with Crippen LogP contribution in [0.15, 0.2) is 35.8 Å². The standard InChI is InChI=1S/C33H36F6N4O5S/c1-4-42(16-20-7-5-19(6-8-20)11-27(44)45)30-25(41-24(15-40-30)29-26(47-3)9-10-49-29)17-43-18(2)28(48-31(43)46)21-12-22(32(34,35)36)14-23(13-21)33(37,38)39/h9-10,12-15,18-20,28H,4-8,11,16-17H2,1-3H3,(H,44,45)/t18-,19?,20?,28?/m0/s1. The van der Waals surface area contributed by atoms with Gasteiger partial charge in [0.2, 0.25) is 0 Å². The van der Waals surface area contributed by atoms with Crippen molar-refractivity contribution in [1.29, 1.82) is 0 Å². The lowest BCUT2D eigenvalue weighted by Crippen LogP contribution is -2.36. The van der Waals surface area contributed by atoms with Crippen LogP contribution in [-0.2, 0) is 28.4 Å². The second kappa shape index (κ2) is 14.4. The number of amides is 1. The van der Waals surface area contributed by atoms with Gasteiger partial charge in [-0.15, -0.1) is 11.3 Å². The van der Waals surface area contributed by atoms with Crippen LogP contribution in [-0.4, -0.2) is 58.3 Å². The van der Waals surface area contributed by atoms with E-state index in [9.17, 15) is 41.0 Å². The Bertz CT molecular complexity index is 1620. The Morgan fingerprint density at radius 3 is 2.29 bits per heavy atom. The van der Waals surface area contributed by atoms with Gasteiger partial charge in [-0.3, -0.25) is 9.69 Å². The van der Waals surface area contributed by atoms with E-state index < -0.39 is 53.3 Å². The van der Waals surface area contributed by atoms with Crippen molar-refractivity contribution in [3.05, 3.63) is 58.2 Å². The molecule has 2 aliphatic rings. The van der Waals surface area contributed by atoms with E-state index in [4.69, 9.17) is 19.4 Å². The normalized spacial score (nSPS) is 21.5. The Labute approximate surface area is 282 Å². The number of hydrogen-bond acceptors (Lipinski definition) is 8. The van der Waals surface area contributed by atoms with Crippen molar-refractivity contribution in [3.63, 3.8) is 0 Å². The van der Waals surface area contributed by atoms with Gasteiger partial charge in [0.15, 0.2) is 5.82 Å². The number of methoxy groups -OCH3 is 1. The van der Waals surface area contributed by atoms with E-state index in [1.165, 1.54) is 30.3 Å². The third-order valence-electron chi connectivity index (χ3n) is 9.14. The fraction of sp³-hybridized carbons (Fsp3) is 0.515. The predicted octanol–water partition coefficient (Wildman–Crippen LogP) is 8.44. The van der Waals surface area contributed by atoms with Crippen LogP contribution in [0.4, 0.5) is 37.0 Å². The molecule has 2 aromatic heterocycles. The van der Waals surface area contributed by atoms with E-state index in [0.29, 0.717) is 53.1 Å². The number of carbonyl (C=O) groups is 2. The monoisotopic (exact) mass is 714 g/mol. The zero-order valence-corrected chi connectivity index (χ0v) is 27.8. The van der Waals surface area contributed by atoms with Crippen molar-refractivity contribution in [2.24, 2.45) is 11.8 Å². The molecule has 266 valence electrons. The summed E-state index contributed by atoms with van der Waals surface area (Å²) in [4.78, 5) is 38.0. The maximum Gasteiger partial charge on any atom is 0.416 e. The lowest BCUT2D eigenvalue weighted by atomic mass is 9.80. The van der Waals surface area contributed by atoms with Crippen molar-refractivity contribution in [3.8, 4) is 16.3 Å². The van der Waals surface area contributed by atoms with Crippen LogP contribution in [0.3, 0.4) is 0 Å². The van der Waals surface area contributed by atoms with Crippen LogP contribution >= 0.6 is 11.3 Å². The van der Waals surface area contributed by atoms with E-state index in [-0.39, 0.29) is 30.9 Å². The molecule has 1 saturated heterocycles. The van der Waals surface area contributed by atoms with Gasteiger partial charge in [-0.05, 0) is 86.6 Å². The summed E-state index contributed by atoms with van der Waals surface area (Å²) in [6.07, 6.45) is -7.51. The molecule has 3 aromatic rings. The molecule has 1 N–H and O–H groups in total. The van der Waals surface area contributed by atoms with Crippen molar-refractivity contribution in [2.75, 3.05) is 25.1 Å². The first-order valence-electron chi connectivity index (χ1n) is 15.8. The molecule has 0 bridgehead atoms. The first-order valence-corrected chi connectivity index (χ1v) is 16.7. The molecule has 0 spiro atoms. The average Bonchev–Trinajstić information content (AvgIpc) is 3.63. The third-order valence-corrected chi connectivity index (χ3v) is 10.1.